The molecule has 1 aliphatic heterocycles. The van der Waals surface area contributed by atoms with Gasteiger partial charge in [-0.3, -0.25) is 4.79 Å². The van der Waals surface area contributed by atoms with Gasteiger partial charge in [-0.2, -0.15) is 11.8 Å². The van der Waals surface area contributed by atoms with Crippen LogP contribution in [0.15, 0.2) is 28.0 Å². The first-order valence-corrected chi connectivity index (χ1v) is 9.09. The molecule has 3 heterocycles. The Kier molecular flexibility index (Phi) is 4.40. The molecule has 0 aliphatic carbocycles. The van der Waals surface area contributed by atoms with E-state index in [2.05, 4.69) is 17.5 Å². The molecular weight excluding hydrogens is 302 g/mol. The van der Waals surface area contributed by atoms with Gasteiger partial charge in [0.15, 0.2) is 0 Å². The summed E-state index contributed by atoms with van der Waals surface area (Å²) in [6.45, 7) is 5.38. The number of nitrogens with zero attached hydrogens (tertiary/aromatic N) is 1. The van der Waals surface area contributed by atoms with Crippen molar-refractivity contribution in [3.05, 3.63) is 45.5 Å². The van der Waals surface area contributed by atoms with Crippen molar-refractivity contribution in [3.63, 3.8) is 0 Å². The van der Waals surface area contributed by atoms with Crippen molar-refractivity contribution >= 4 is 29.0 Å². The first kappa shape index (κ1) is 14.7. The molecule has 2 aromatic rings. The molecule has 0 saturated carbocycles. The average Bonchev–Trinajstić information content (AvgIpc) is 3.02. The van der Waals surface area contributed by atoms with Crippen molar-refractivity contribution in [1.82, 2.24) is 4.90 Å². The zero-order valence-corrected chi connectivity index (χ0v) is 13.9. The van der Waals surface area contributed by atoms with E-state index < -0.39 is 0 Å². The Morgan fingerprint density at radius 1 is 1.38 bits per heavy atom. The van der Waals surface area contributed by atoms with Gasteiger partial charge in [-0.1, -0.05) is 6.07 Å². The molecule has 0 bridgehead atoms. The van der Waals surface area contributed by atoms with Gasteiger partial charge in [0, 0.05) is 29.0 Å². The van der Waals surface area contributed by atoms with Gasteiger partial charge in [-0.25, -0.2) is 0 Å². The lowest BCUT2D eigenvalue weighted by atomic mass is 10.2. The van der Waals surface area contributed by atoms with Crippen LogP contribution in [0.3, 0.4) is 0 Å². The van der Waals surface area contributed by atoms with Crippen LogP contribution in [0.1, 0.15) is 38.4 Å². The highest BCUT2D eigenvalue weighted by Gasteiger charge is 2.25. The second-order valence-electron chi connectivity index (χ2n) is 5.28. The Labute approximate surface area is 133 Å². The number of aryl methyl sites for hydroxylation is 2. The van der Waals surface area contributed by atoms with Crippen LogP contribution < -0.4 is 0 Å². The molecule has 0 unspecified atom stereocenters. The highest BCUT2D eigenvalue weighted by molar-refractivity contribution is 7.99. The molecule has 1 saturated heterocycles. The fourth-order valence-electron chi connectivity index (χ4n) is 2.69. The molecule has 3 rings (SSSR count). The van der Waals surface area contributed by atoms with E-state index in [0.29, 0.717) is 10.8 Å². The van der Waals surface area contributed by atoms with E-state index in [1.807, 2.05) is 47.9 Å². The normalized spacial score (nSPS) is 19.5. The zero-order chi connectivity index (χ0) is 14.8. The first-order chi connectivity index (χ1) is 10.1. The third-order valence-electron chi connectivity index (χ3n) is 3.76. The highest BCUT2D eigenvalue weighted by Crippen LogP contribution is 2.37. The quantitative estimate of drug-likeness (QED) is 0.828. The van der Waals surface area contributed by atoms with Crippen LogP contribution in [0, 0.1) is 13.8 Å². The summed E-state index contributed by atoms with van der Waals surface area (Å²) in [5.41, 5.74) is 0.715. The molecule has 2 aromatic heterocycles. The maximum atomic E-state index is 12.6. The number of thioether (sulfide) groups is 1. The summed E-state index contributed by atoms with van der Waals surface area (Å²) in [6.07, 6.45) is 1.02. The minimum absolute atomic E-state index is 0.108. The summed E-state index contributed by atoms with van der Waals surface area (Å²) < 4.78 is 5.49. The molecule has 0 N–H and O–H groups in total. The van der Waals surface area contributed by atoms with Crippen LogP contribution >= 0.6 is 23.1 Å². The van der Waals surface area contributed by atoms with Crippen LogP contribution in [0.25, 0.3) is 0 Å². The Bertz CT molecular complexity index is 618. The lowest BCUT2D eigenvalue weighted by molar-refractivity contribution is 0.0765. The van der Waals surface area contributed by atoms with E-state index in [0.717, 1.165) is 36.8 Å². The van der Waals surface area contributed by atoms with E-state index in [1.165, 1.54) is 4.88 Å². The standard InChI is InChI=1S/C16H19NO2S2/c1-11-10-13(12(2)19-11)16(18)17-6-5-15(21-9-7-17)14-4-3-8-20-14/h3-4,8,10,15H,5-7,9H2,1-2H3/t15-/m1/s1. The highest BCUT2D eigenvalue weighted by atomic mass is 32.2. The Morgan fingerprint density at radius 3 is 2.90 bits per heavy atom. The predicted molar refractivity (Wildman–Crippen MR) is 88.2 cm³/mol. The van der Waals surface area contributed by atoms with Crippen LogP contribution in [-0.4, -0.2) is 29.6 Å². The van der Waals surface area contributed by atoms with Crippen molar-refractivity contribution in [2.24, 2.45) is 0 Å². The van der Waals surface area contributed by atoms with Crippen molar-refractivity contribution in [3.8, 4) is 0 Å². The van der Waals surface area contributed by atoms with Crippen LogP contribution in [0.4, 0.5) is 0 Å². The number of hydrogen-bond acceptors (Lipinski definition) is 4. The lowest BCUT2D eigenvalue weighted by Gasteiger charge is -2.19. The monoisotopic (exact) mass is 321 g/mol. The maximum absolute atomic E-state index is 12.6. The fraction of sp³-hybridized carbons (Fsp3) is 0.438. The molecule has 1 aliphatic rings. The summed E-state index contributed by atoms with van der Waals surface area (Å²) in [7, 11) is 0. The Balaban J connectivity index is 1.70. The minimum atomic E-state index is 0.108. The molecule has 5 heteroatoms. The van der Waals surface area contributed by atoms with Gasteiger partial charge < -0.3 is 9.32 Å². The third-order valence-corrected chi connectivity index (χ3v) is 6.21. The molecule has 1 atom stereocenters. The van der Waals surface area contributed by atoms with Crippen molar-refractivity contribution in [2.45, 2.75) is 25.5 Å². The van der Waals surface area contributed by atoms with E-state index in [-0.39, 0.29) is 5.91 Å². The minimum Gasteiger partial charge on any atom is -0.466 e. The number of rotatable bonds is 2. The Morgan fingerprint density at radius 2 is 2.24 bits per heavy atom. The van der Waals surface area contributed by atoms with Crippen LogP contribution in [0.5, 0.6) is 0 Å². The molecule has 0 spiro atoms. The van der Waals surface area contributed by atoms with Gasteiger partial charge in [0.25, 0.3) is 5.91 Å². The van der Waals surface area contributed by atoms with E-state index in [4.69, 9.17) is 4.42 Å². The smallest absolute Gasteiger partial charge is 0.257 e. The second-order valence-corrected chi connectivity index (χ2v) is 7.57. The van der Waals surface area contributed by atoms with Gasteiger partial charge in [-0.15, -0.1) is 11.3 Å². The topological polar surface area (TPSA) is 33.5 Å². The molecule has 1 amide bonds. The van der Waals surface area contributed by atoms with Gasteiger partial charge >= 0.3 is 0 Å². The van der Waals surface area contributed by atoms with Gasteiger partial charge in [-0.05, 0) is 37.8 Å². The third kappa shape index (κ3) is 3.19. The zero-order valence-electron chi connectivity index (χ0n) is 12.3. The maximum Gasteiger partial charge on any atom is 0.257 e. The predicted octanol–water partition coefficient (Wildman–Crippen LogP) is 4.28. The summed E-state index contributed by atoms with van der Waals surface area (Å²) in [5, 5.41) is 2.65. The lowest BCUT2D eigenvalue weighted by Crippen LogP contribution is -2.33. The SMILES string of the molecule is Cc1cc(C(=O)N2CCS[C@@H](c3cccs3)CC2)c(C)o1. The average molecular weight is 321 g/mol. The summed E-state index contributed by atoms with van der Waals surface area (Å²) >= 11 is 3.77. The summed E-state index contributed by atoms with van der Waals surface area (Å²) in [5.74, 6) is 2.63. The number of hydrogen-bond donors (Lipinski definition) is 0. The van der Waals surface area contributed by atoms with Gasteiger partial charge in [0.1, 0.15) is 11.5 Å². The molecule has 1 fully saturated rings. The fourth-order valence-corrected chi connectivity index (χ4v) is 4.93. The number of thiophene rings is 1. The van der Waals surface area contributed by atoms with E-state index in [9.17, 15) is 4.79 Å². The molecular formula is C16H19NO2S2. The van der Waals surface area contributed by atoms with Gasteiger partial charge in [0.2, 0.25) is 0 Å². The largest absolute Gasteiger partial charge is 0.466 e. The molecule has 3 nitrogen and oxygen atoms in total. The number of carbonyl (C=O) groups excluding carboxylic acids is 1. The number of carbonyl (C=O) groups is 1. The van der Waals surface area contributed by atoms with Crippen molar-refractivity contribution in [2.75, 3.05) is 18.8 Å². The molecule has 21 heavy (non-hydrogen) atoms. The first-order valence-electron chi connectivity index (χ1n) is 7.16. The second kappa shape index (κ2) is 6.28. The van der Waals surface area contributed by atoms with Crippen molar-refractivity contribution in [1.29, 1.82) is 0 Å². The van der Waals surface area contributed by atoms with E-state index >= 15 is 0 Å². The Hall–Kier alpha value is -1.20. The van der Waals surface area contributed by atoms with Crippen LogP contribution in [0.2, 0.25) is 0 Å². The molecule has 0 radical (unpaired) electrons. The number of amides is 1. The molecule has 0 aromatic carbocycles. The summed E-state index contributed by atoms with van der Waals surface area (Å²) in [6, 6.07) is 6.15. The van der Waals surface area contributed by atoms with E-state index in [1.54, 1.807) is 0 Å². The summed E-state index contributed by atoms with van der Waals surface area (Å²) in [4.78, 5) is 16.0. The van der Waals surface area contributed by atoms with Crippen molar-refractivity contribution < 1.29 is 9.21 Å². The van der Waals surface area contributed by atoms with Crippen LogP contribution in [-0.2, 0) is 0 Å². The molecule has 112 valence electrons. The number of furan rings is 1. The van der Waals surface area contributed by atoms with Gasteiger partial charge in [0.05, 0.1) is 5.56 Å².